The molecule has 0 aliphatic heterocycles. The molecule has 1 N–H and O–H groups in total. The Hall–Kier alpha value is -2.28. The van der Waals surface area contributed by atoms with Gasteiger partial charge in [0, 0.05) is 23.3 Å². The van der Waals surface area contributed by atoms with Crippen LogP contribution in [0.2, 0.25) is 0 Å². The quantitative estimate of drug-likeness (QED) is 0.903. The van der Waals surface area contributed by atoms with Crippen molar-refractivity contribution in [2.24, 2.45) is 0 Å². The first-order valence-electron chi connectivity index (χ1n) is 5.76. The third-order valence-corrected chi connectivity index (χ3v) is 3.20. The van der Waals surface area contributed by atoms with Gasteiger partial charge in [-0.05, 0) is 30.7 Å². The fraction of sp³-hybridized carbons (Fsp3) is 0.154. The van der Waals surface area contributed by atoms with Crippen LogP contribution < -0.4 is 10.4 Å². The molecular weight excluding hydrogens is 283 g/mol. The number of carboxylic acids is 1. The van der Waals surface area contributed by atoms with E-state index in [1.807, 2.05) is 0 Å². The molecular formula is C13H10FN2O3S-. The first-order valence-corrected chi connectivity index (χ1v) is 6.64. The molecule has 1 aromatic carbocycles. The summed E-state index contributed by atoms with van der Waals surface area (Å²) in [5.74, 6) is -2.04. The number of aromatic nitrogens is 1. The molecule has 0 saturated heterocycles. The van der Waals surface area contributed by atoms with Gasteiger partial charge in [0.1, 0.15) is 5.82 Å². The highest BCUT2D eigenvalue weighted by Gasteiger charge is 2.08. The van der Waals surface area contributed by atoms with E-state index in [-0.39, 0.29) is 18.7 Å². The molecule has 0 aliphatic carbocycles. The average Bonchev–Trinajstić information content (AvgIpc) is 2.85. The molecule has 20 heavy (non-hydrogen) atoms. The fourth-order valence-electron chi connectivity index (χ4n) is 1.48. The summed E-state index contributed by atoms with van der Waals surface area (Å²) in [6.07, 6.45) is -0.490. The van der Waals surface area contributed by atoms with Gasteiger partial charge in [-0.15, -0.1) is 11.3 Å². The molecule has 0 unspecified atom stereocenters. The van der Waals surface area contributed by atoms with Crippen molar-refractivity contribution >= 4 is 28.3 Å². The summed E-state index contributed by atoms with van der Waals surface area (Å²) in [4.78, 5) is 25.8. The molecule has 0 aliphatic rings. The van der Waals surface area contributed by atoms with Crippen LogP contribution in [0.15, 0.2) is 29.6 Å². The van der Waals surface area contributed by atoms with Gasteiger partial charge in [0.05, 0.1) is 5.69 Å². The van der Waals surface area contributed by atoms with E-state index in [1.54, 1.807) is 17.5 Å². The Morgan fingerprint density at radius 1 is 1.25 bits per heavy atom. The molecule has 2 rings (SSSR count). The number of hydrogen-bond donors (Lipinski definition) is 1. The van der Waals surface area contributed by atoms with Crippen molar-refractivity contribution in [3.63, 3.8) is 0 Å². The summed E-state index contributed by atoms with van der Waals surface area (Å²) >= 11 is 1.21. The average molecular weight is 293 g/mol. The molecule has 0 saturated carbocycles. The van der Waals surface area contributed by atoms with E-state index in [0.717, 1.165) is 5.56 Å². The molecule has 5 nitrogen and oxygen atoms in total. The molecule has 1 heterocycles. The second-order valence-electron chi connectivity index (χ2n) is 3.96. The predicted octanol–water partition coefficient (Wildman–Crippen LogP) is 1.42. The zero-order valence-electron chi connectivity index (χ0n) is 10.3. The maximum absolute atomic E-state index is 12.8. The number of anilines is 1. The van der Waals surface area contributed by atoms with E-state index >= 15 is 0 Å². The smallest absolute Gasteiger partial charge is 0.226 e. The predicted molar refractivity (Wildman–Crippen MR) is 70.4 cm³/mol. The Labute approximate surface area is 118 Å². The van der Waals surface area contributed by atoms with Crippen molar-refractivity contribution < 1.29 is 19.1 Å². The van der Waals surface area contributed by atoms with Gasteiger partial charge in [-0.3, -0.25) is 4.79 Å². The van der Waals surface area contributed by atoms with Crippen LogP contribution in [0.25, 0.3) is 11.3 Å². The van der Waals surface area contributed by atoms with Crippen LogP contribution in [-0.2, 0) is 9.59 Å². The maximum atomic E-state index is 12.8. The number of rotatable bonds is 5. The van der Waals surface area contributed by atoms with Gasteiger partial charge in [0.2, 0.25) is 5.91 Å². The lowest BCUT2D eigenvalue weighted by Crippen LogP contribution is -2.24. The summed E-state index contributed by atoms with van der Waals surface area (Å²) in [7, 11) is 0. The number of hydrogen-bond acceptors (Lipinski definition) is 5. The molecule has 0 spiro atoms. The lowest BCUT2D eigenvalue weighted by molar-refractivity contribution is -0.305. The standard InChI is InChI=1S/C13H11FN2O3S/c14-9-3-1-8(2-4-9)10-7-20-13(15-10)16-11(17)5-6-12(18)19/h1-4,7H,5-6H2,(H,18,19)(H,15,16,17)/p-1. The Morgan fingerprint density at radius 3 is 2.60 bits per heavy atom. The van der Waals surface area contributed by atoms with Crippen molar-refractivity contribution in [2.45, 2.75) is 12.8 Å². The lowest BCUT2D eigenvalue weighted by Gasteiger charge is -2.02. The van der Waals surface area contributed by atoms with Gasteiger partial charge in [0.15, 0.2) is 5.13 Å². The van der Waals surface area contributed by atoms with Gasteiger partial charge in [0.25, 0.3) is 0 Å². The van der Waals surface area contributed by atoms with Gasteiger partial charge < -0.3 is 15.2 Å². The van der Waals surface area contributed by atoms with Crippen LogP contribution in [0.5, 0.6) is 0 Å². The normalized spacial score (nSPS) is 10.2. The number of aliphatic carboxylic acids is 1. The Kier molecular flexibility index (Phi) is 4.41. The van der Waals surface area contributed by atoms with Gasteiger partial charge >= 0.3 is 0 Å². The zero-order chi connectivity index (χ0) is 14.5. The molecule has 0 atom stereocenters. The summed E-state index contributed by atoms with van der Waals surface area (Å²) in [6.45, 7) is 0. The third-order valence-electron chi connectivity index (χ3n) is 2.45. The maximum Gasteiger partial charge on any atom is 0.226 e. The van der Waals surface area contributed by atoms with Crippen molar-refractivity contribution in [3.05, 3.63) is 35.5 Å². The van der Waals surface area contributed by atoms with Crippen LogP contribution in [-0.4, -0.2) is 16.9 Å². The summed E-state index contributed by atoms with van der Waals surface area (Å²) in [6, 6.07) is 5.83. The molecule has 0 bridgehead atoms. The van der Waals surface area contributed by atoms with E-state index in [1.165, 1.54) is 23.5 Å². The minimum atomic E-state index is -1.27. The second kappa shape index (κ2) is 6.25. The Bertz CT molecular complexity index is 625. The number of carbonyl (C=O) groups excluding carboxylic acids is 2. The van der Waals surface area contributed by atoms with Crippen molar-refractivity contribution in [1.29, 1.82) is 0 Å². The summed E-state index contributed by atoms with van der Waals surface area (Å²) in [5, 5.41) is 14.8. The second-order valence-corrected chi connectivity index (χ2v) is 4.82. The van der Waals surface area contributed by atoms with Gasteiger partial charge in [-0.25, -0.2) is 9.37 Å². The minimum absolute atomic E-state index is 0.159. The zero-order valence-corrected chi connectivity index (χ0v) is 11.1. The number of nitrogens with zero attached hydrogens (tertiary/aromatic N) is 1. The topological polar surface area (TPSA) is 82.1 Å². The van der Waals surface area contributed by atoms with E-state index in [4.69, 9.17) is 0 Å². The number of carboxylic acid groups (broad SMARTS) is 1. The highest BCUT2D eigenvalue weighted by atomic mass is 32.1. The van der Waals surface area contributed by atoms with Crippen LogP contribution >= 0.6 is 11.3 Å². The van der Waals surface area contributed by atoms with E-state index in [9.17, 15) is 19.1 Å². The fourth-order valence-corrected chi connectivity index (χ4v) is 2.22. The SMILES string of the molecule is O=C([O-])CCC(=O)Nc1nc(-c2ccc(F)cc2)cs1. The molecule has 1 amide bonds. The minimum Gasteiger partial charge on any atom is -0.550 e. The molecule has 0 radical (unpaired) electrons. The Morgan fingerprint density at radius 2 is 1.95 bits per heavy atom. The number of nitrogens with one attached hydrogen (secondary N) is 1. The van der Waals surface area contributed by atoms with Crippen LogP contribution in [0.3, 0.4) is 0 Å². The summed E-state index contributed by atoms with van der Waals surface area (Å²) in [5.41, 5.74) is 1.35. The number of halogens is 1. The highest BCUT2D eigenvalue weighted by molar-refractivity contribution is 7.14. The first kappa shape index (κ1) is 14.1. The first-order chi connectivity index (χ1) is 9.54. The number of thiazole rings is 1. The van der Waals surface area contributed by atoms with E-state index in [2.05, 4.69) is 10.3 Å². The van der Waals surface area contributed by atoms with Gasteiger partial charge in [-0.2, -0.15) is 0 Å². The molecule has 104 valence electrons. The van der Waals surface area contributed by atoms with E-state index < -0.39 is 11.9 Å². The van der Waals surface area contributed by atoms with Crippen molar-refractivity contribution in [2.75, 3.05) is 5.32 Å². The summed E-state index contributed by atoms with van der Waals surface area (Å²) < 4.78 is 12.8. The highest BCUT2D eigenvalue weighted by Crippen LogP contribution is 2.25. The van der Waals surface area contributed by atoms with Gasteiger partial charge in [-0.1, -0.05) is 0 Å². The molecule has 2 aromatic rings. The molecule has 7 heteroatoms. The number of carbonyl (C=O) groups is 2. The number of benzene rings is 1. The van der Waals surface area contributed by atoms with Crippen molar-refractivity contribution in [3.8, 4) is 11.3 Å². The largest absolute Gasteiger partial charge is 0.550 e. The molecule has 0 fully saturated rings. The molecule has 1 aromatic heterocycles. The Balaban J connectivity index is 2.00. The van der Waals surface area contributed by atoms with Crippen LogP contribution in [0.1, 0.15) is 12.8 Å². The number of amides is 1. The third kappa shape index (κ3) is 3.86. The lowest BCUT2D eigenvalue weighted by atomic mass is 10.2. The van der Waals surface area contributed by atoms with Crippen molar-refractivity contribution in [1.82, 2.24) is 4.98 Å². The van der Waals surface area contributed by atoms with Crippen LogP contribution in [0, 0.1) is 5.82 Å². The monoisotopic (exact) mass is 293 g/mol. The van der Waals surface area contributed by atoms with Crippen LogP contribution in [0.4, 0.5) is 9.52 Å². The van der Waals surface area contributed by atoms with E-state index in [0.29, 0.717) is 10.8 Å².